The summed E-state index contributed by atoms with van der Waals surface area (Å²) >= 11 is 0. The van der Waals surface area contributed by atoms with E-state index in [-0.39, 0.29) is 5.41 Å². The monoisotopic (exact) mass is 237 g/mol. The number of methoxy groups -OCH3 is 2. The fraction of sp³-hybridized carbons (Fsp3) is 0.571. The fourth-order valence-corrected chi connectivity index (χ4v) is 2.13. The van der Waals surface area contributed by atoms with Crippen LogP contribution >= 0.6 is 0 Å². The standard InChI is InChI=1S/C14H23NO2/c1-5-8-14(2,10-15)11-6-7-12(16-3)13(9-11)17-4/h6-7,9H,5,8,10,15H2,1-4H3. The summed E-state index contributed by atoms with van der Waals surface area (Å²) in [5, 5.41) is 0. The van der Waals surface area contributed by atoms with Crippen LogP contribution in [0.1, 0.15) is 32.3 Å². The number of benzene rings is 1. The first-order valence-electron chi connectivity index (χ1n) is 6.04. The molecule has 17 heavy (non-hydrogen) atoms. The molecular weight excluding hydrogens is 214 g/mol. The van der Waals surface area contributed by atoms with E-state index in [9.17, 15) is 0 Å². The van der Waals surface area contributed by atoms with Gasteiger partial charge < -0.3 is 15.2 Å². The van der Waals surface area contributed by atoms with Gasteiger partial charge in [-0.15, -0.1) is 0 Å². The lowest BCUT2D eigenvalue weighted by Crippen LogP contribution is -2.31. The Kier molecular flexibility index (Phi) is 4.82. The molecule has 1 rings (SSSR count). The summed E-state index contributed by atoms with van der Waals surface area (Å²) < 4.78 is 10.6. The minimum absolute atomic E-state index is 0.00824. The zero-order chi connectivity index (χ0) is 12.9. The maximum atomic E-state index is 5.92. The molecule has 2 N–H and O–H groups in total. The molecule has 0 spiro atoms. The van der Waals surface area contributed by atoms with E-state index in [2.05, 4.69) is 19.9 Å². The molecule has 0 bridgehead atoms. The molecule has 0 heterocycles. The first kappa shape index (κ1) is 13.8. The maximum absolute atomic E-state index is 5.92. The largest absolute Gasteiger partial charge is 0.493 e. The Labute approximate surface area is 104 Å². The van der Waals surface area contributed by atoms with Gasteiger partial charge in [0.2, 0.25) is 0 Å². The van der Waals surface area contributed by atoms with Gasteiger partial charge in [-0.2, -0.15) is 0 Å². The van der Waals surface area contributed by atoms with Gasteiger partial charge in [0.1, 0.15) is 0 Å². The van der Waals surface area contributed by atoms with Crippen LogP contribution in [0.25, 0.3) is 0 Å². The third-order valence-corrected chi connectivity index (χ3v) is 3.33. The van der Waals surface area contributed by atoms with Crippen molar-refractivity contribution in [1.82, 2.24) is 0 Å². The lowest BCUT2D eigenvalue weighted by molar-refractivity contribution is 0.352. The summed E-state index contributed by atoms with van der Waals surface area (Å²) in [6.45, 7) is 5.00. The Morgan fingerprint density at radius 3 is 2.29 bits per heavy atom. The SMILES string of the molecule is CCCC(C)(CN)c1ccc(OC)c(OC)c1. The lowest BCUT2D eigenvalue weighted by atomic mass is 9.78. The van der Waals surface area contributed by atoms with E-state index in [0.29, 0.717) is 6.54 Å². The second-order valence-electron chi connectivity index (χ2n) is 4.58. The number of hydrogen-bond donors (Lipinski definition) is 1. The van der Waals surface area contributed by atoms with Gasteiger partial charge in [-0.3, -0.25) is 0 Å². The van der Waals surface area contributed by atoms with Crippen molar-refractivity contribution in [3.8, 4) is 11.5 Å². The van der Waals surface area contributed by atoms with Gasteiger partial charge in [-0.05, 0) is 24.1 Å². The molecular formula is C14H23NO2. The molecule has 0 fully saturated rings. The Morgan fingerprint density at radius 1 is 1.18 bits per heavy atom. The van der Waals surface area contributed by atoms with Gasteiger partial charge in [-0.25, -0.2) is 0 Å². The quantitative estimate of drug-likeness (QED) is 0.827. The van der Waals surface area contributed by atoms with Crippen molar-refractivity contribution < 1.29 is 9.47 Å². The summed E-state index contributed by atoms with van der Waals surface area (Å²) in [6, 6.07) is 6.04. The molecule has 0 saturated carbocycles. The maximum Gasteiger partial charge on any atom is 0.161 e. The van der Waals surface area contributed by atoms with E-state index in [4.69, 9.17) is 15.2 Å². The molecule has 0 aliphatic rings. The van der Waals surface area contributed by atoms with E-state index in [1.807, 2.05) is 12.1 Å². The summed E-state index contributed by atoms with van der Waals surface area (Å²) in [6.07, 6.45) is 2.18. The molecule has 0 aliphatic heterocycles. The number of nitrogens with two attached hydrogens (primary N) is 1. The highest BCUT2D eigenvalue weighted by atomic mass is 16.5. The average Bonchev–Trinajstić information content (AvgIpc) is 2.38. The number of hydrogen-bond acceptors (Lipinski definition) is 3. The number of rotatable bonds is 6. The normalized spacial score (nSPS) is 14.2. The molecule has 0 amide bonds. The molecule has 1 aromatic rings. The van der Waals surface area contributed by atoms with E-state index >= 15 is 0 Å². The molecule has 1 unspecified atom stereocenters. The smallest absolute Gasteiger partial charge is 0.161 e. The third-order valence-electron chi connectivity index (χ3n) is 3.33. The van der Waals surface area contributed by atoms with Crippen LogP contribution in [0.3, 0.4) is 0 Å². The van der Waals surface area contributed by atoms with Crippen LogP contribution in [0.5, 0.6) is 11.5 Å². The predicted molar refractivity (Wildman–Crippen MR) is 70.9 cm³/mol. The van der Waals surface area contributed by atoms with Crippen molar-refractivity contribution in [2.75, 3.05) is 20.8 Å². The summed E-state index contributed by atoms with van der Waals surface area (Å²) in [7, 11) is 3.30. The van der Waals surface area contributed by atoms with Crippen LogP contribution in [0, 0.1) is 0 Å². The van der Waals surface area contributed by atoms with Gasteiger partial charge in [0.25, 0.3) is 0 Å². The highest BCUT2D eigenvalue weighted by Crippen LogP contribution is 2.35. The predicted octanol–water partition coefficient (Wildman–Crippen LogP) is 2.72. The lowest BCUT2D eigenvalue weighted by Gasteiger charge is -2.28. The molecule has 0 aliphatic carbocycles. The van der Waals surface area contributed by atoms with Crippen molar-refractivity contribution in [1.29, 1.82) is 0 Å². The molecule has 0 aromatic heterocycles. The Hall–Kier alpha value is -1.22. The second kappa shape index (κ2) is 5.92. The zero-order valence-electron chi connectivity index (χ0n) is 11.2. The van der Waals surface area contributed by atoms with Crippen LogP contribution in [-0.4, -0.2) is 20.8 Å². The second-order valence-corrected chi connectivity index (χ2v) is 4.58. The van der Waals surface area contributed by atoms with Crippen molar-refractivity contribution in [3.63, 3.8) is 0 Å². The molecule has 96 valence electrons. The van der Waals surface area contributed by atoms with Gasteiger partial charge in [0.15, 0.2) is 11.5 Å². The highest BCUT2D eigenvalue weighted by molar-refractivity contribution is 5.45. The Bertz CT molecular complexity index is 365. The summed E-state index contributed by atoms with van der Waals surface area (Å²) in [5.41, 5.74) is 7.13. The van der Waals surface area contributed by atoms with E-state index in [1.54, 1.807) is 14.2 Å². The van der Waals surface area contributed by atoms with Crippen molar-refractivity contribution in [2.45, 2.75) is 32.1 Å². The van der Waals surface area contributed by atoms with Crippen molar-refractivity contribution >= 4 is 0 Å². The molecule has 1 atom stereocenters. The summed E-state index contributed by atoms with van der Waals surface area (Å²) in [5.74, 6) is 1.52. The zero-order valence-corrected chi connectivity index (χ0v) is 11.2. The number of ether oxygens (including phenoxy) is 2. The fourth-order valence-electron chi connectivity index (χ4n) is 2.13. The van der Waals surface area contributed by atoms with E-state index in [0.717, 1.165) is 24.3 Å². The van der Waals surface area contributed by atoms with Crippen molar-refractivity contribution in [2.24, 2.45) is 5.73 Å². The van der Waals surface area contributed by atoms with Crippen LogP contribution in [0.2, 0.25) is 0 Å². The Morgan fingerprint density at radius 2 is 1.82 bits per heavy atom. The van der Waals surface area contributed by atoms with E-state index < -0.39 is 0 Å². The first-order valence-corrected chi connectivity index (χ1v) is 6.04. The Balaban J connectivity index is 3.13. The average molecular weight is 237 g/mol. The topological polar surface area (TPSA) is 44.5 Å². The minimum atomic E-state index is 0.00824. The molecule has 3 nitrogen and oxygen atoms in total. The van der Waals surface area contributed by atoms with E-state index in [1.165, 1.54) is 5.56 Å². The van der Waals surface area contributed by atoms with Crippen LogP contribution in [-0.2, 0) is 5.41 Å². The van der Waals surface area contributed by atoms with Gasteiger partial charge in [-0.1, -0.05) is 26.3 Å². The third kappa shape index (κ3) is 2.91. The molecule has 1 aromatic carbocycles. The van der Waals surface area contributed by atoms with Gasteiger partial charge in [0, 0.05) is 12.0 Å². The van der Waals surface area contributed by atoms with Crippen molar-refractivity contribution in [3.05, 3.63) is 23.8 Å². The first-order chi connectivity index (χ1) is 8.11. The van der Waals surface area contributed by atoms with Gasteiger partial charge in [0.05, 0.1) is 14.2 Å². The van der Waals surface area contributed by atoms with Gasteiger partial charge >= 0.3 is 0 Å². The highest BCUT2D eigenvalue weighted by Gasteiger charge is 2.25. The van der Waals surface area contributed by atoms with Crippen LogP contribution in [0.4, 0.5) is 0 Å². The molecule has 0 radical (unpaired) electrons. The molecule has 3 heteroatoms. The summed E-state index contributed by atoms with van der Waals surface area (Å²) in [4.78, 5) is 0. The van der Waals surface area contributed by atoms with Crippen LogP contribution < -0.4 is 15.2 Å². The molecule has 0 saturated heterocycles. The van der Waals surface area contributed by atoms with Crippen LogP contribution in [0.15, 0.2) is 18.2 Å². The minimum Gasteiger partial charge on any atom is -0.493 e.